The number of hydrogen-bond donors (Lipinski definition) is 0. The molecule has 15 heavy (non-hydrogen) atoms. The average molecular weight is 230 g/mol. The molecule has 0 saturated carbocycles. The van der Waals surface area contributed by atoms with Crippen LogP contribution >= 0.6 is 16.8 Å². The van der Waals surface area contributed by atoms with Crippen molar-refractivity contribution in [2.24, 2.45) is 0 Å². The Kier molecular flexibility index (Phi) is 3.67. The fourth-order valence-corrected chi connectivity index (χ4v) is 3.00. The SMILES string of the molecule is PP=C(c1ccccc1)c1ccccc1. The number of hydrogen-bond acceptors (Lipinski definition) is 0. The van der Waals surface area contributed by atoms with Gasteiger partial charge < -0.3 is 0 Å². The zero-order chi connectivity index (χ0) is 10.5. The predicted octanol–water partition coefficient (Wildman–Crippen LogP) is 3.99. The van der Waals surface area contributed by atoms with Gasteiger partial charge in [-0.25, -0.2) is 0 Å². The fraction of sp³-hybridized carbons (Fsp3) is 0. The molecule has 1 atom stereocenters. The molecule has 0 nitrogen and oxygen atoms in total. The fourth-order valence-electron chi connectivity index (χ4n) is 1.51. The van der Waals surface area contributed by atoms with Gasteiger partial charge in [0.15, 0.2) is 0 Å². The maximum atomic E-state index is 2.78. The third kappa shape index (κ3) is 2.53. The quantitative estimate of drug-likeness (QED) is 0.684. The largest absolute Gasteiger partial charge is 0.0822 e. The van der Waals surface area contributed by atoms with Gasteiger partial charge in [0.1, 0.15) is 0 Å². The normalized spacial score (nSPS) is 10.2. The van der Waals surface area contributed by atoms with Crippen molar-refractivity contribution in [1.29, 1.82) is 0 Å². The molecule has 2 heteroatoms. The zero-order valence-corrected chi connectivity index (χ0v) is 10.3. The molecule has 74 valence electrons. The lowest BCUT2D eigenvalue weighted by molar-refractivity contribution is 1.62. The van der Waals surface area contributed by atoms with E-state index in [9.17, 15) is 0 Å². The van der Waals surface area contributed by atoms with Gasteiger partial charge in [0.25, 0.3) is 0 Å². The lowest BCUT2D eigenvalue weighted by Crippen LogP contribution is -1.98. The Bertz CT molecular complexity index is 405. The number of benzene rings is 2. The highest BCUT2D eigenvalue weighted by Gasteiger charge is 2.02. The molecule has 2 aromatic carbocycles. The van der Waals surface area contributed by atoms with Crippen LogP contribution in [0, 0.1) is 0 Å². The Labute approximate surface area is 94.3 Å². The van der Waals surface area contributed by atoms with E-state index in [2.05, 4.69) is 57.5 Å². The van der Waals surface area contributed by atoms with Gasteiger partial charge in [0.2, 0.25) is 0 Å². The van der Waals surface area contributed by atoms with E-state index in [1.165, 1.54) is 24.3 Å². The second-order valence-electron chi connectivity index (χ2n) is 3.21. The Morgan fingerprint density at radius 1 is 0.733 bits per heavy atom. The van der Waals surface area contributed by atoms with Crippen LogP contribution in [0.2, 0.25) is 0 Å². The van der Waals surface area contributed by atoms with Gasteiger partial charge in [-0.15, -0.1) is 0 Å². The van der Waals surface area contributed by atoms with Crippen molar-refractivity contribution in [3.63, 3.8) is 0 Å². The van der Waals surface area contributed by atoms with Gasteiger partial charge in [0, 0.05) is 5.29 Å². The van der Waals surface area contributed by atoms with E-state index < -0.39 is 0 Å². The van der Waals surface area contributed by atoms with Crippen molar-refractivity contribution in [2.45, 2.75) is 0 Å². The monoisotopic (exact) mass is 230 g/mol. The summed E-state index contributed by atoms with van der Waals surface area (Å²) in [5.74, 6) is 0. The smallest absolute Gasteiger partial charge is 0.0159 e. The molecule has 0 aromatic heterocycles. The second kappa shape index (κ2) is 5.21. The van der Waals surface area contributed by atoms with Gasteiger partial charge in [-0.05, 0) is 11.1 Å². The molecule has 0 radical (unpaired) electrons. The lowest BCUT2D eigenvalue weighted by Gasteiger charge is -2.05. The van der Waals surface area contributed by atoms with E-state index in [4.69, 9.17) is 0 Å². The summed E-state index contributed by atoms with van der Waals surface area (Å²) in [6.07, 6.45) is 0. The average Bonchev–Trinajstić information content (AvgIpc) is 2.33. The lowest BCUT2D eigenvalue weighted by atomic mass is 10.1. The molecule has 0 N–H and O–H groups in total. The maximum Gasteiger partial charge on any atom is 0.0159 e. The molecule has 2 rings (SSSR count). The molecule has 0 spiro atoms. The topological polar surface area (TPSA) is 0 Å². The summed E-state index contributed by atoms with van der Waals surface area (Å²) >= 11 is 0. The van der Waals surface area contributed by atoms with Crippen LogP contribution in [-0.2, 0) is 0 Å². The van der Waals surface area contributed by atoms with Crippen LogP contribution in [0.25, 0.3) is 0 Å². The van der Waals surface area contributed by atoms with Crippen LogP contribution in [0.15, 0.2) is 60.7 Å². The summed E-state index contributed by atoms with van der Waals surface area (Å²) in [6.45, 7) is 0. The van der Waals surface area contributed by atoms with Crippen LogP contribution < -0.4 is 0 Å². The van der Waals surface area contributed by atoms with E-state index in [-0.39, 0.29) is 0 Å². The minimum absolute atomic E-state index is 1.22. The summed E-state index contributed by atoms with van der Waals surface area (Å²) in [6, 6.07) is 21.0. The highest BCUT2D eigenvalue weighted by Crippen LogP contribution is 2.21. The molecular weight excluding hydrogens is 218 g/mol. The van der Waals surface area contributed by atoms with E-state index in [1.54, 1.807) is 0 Å². The molecule has 2 aromatic rings. The van der Waals surface area contributed by atoms with Crippen molar-refractivity contribution in [3.8, 4) is 0 Å². The first-order valence-electron chi connectivity index (χ1n) is 4.80. The zero-order valence-electron chi connectivity index (χ0n) is 8.30. The van der Waals surface area contributed by atoms with Crippen molar-refractivity contribution in [3.05, 3.63) is 71.8 Å². The molecule has 0 amide bonds. The van der Waals surface area contributed by atoms with Crippen LogP contribution in [0.3, 0.4) is 0 Å². The molecule has 0 saturated heterocycles. The predicted molar refractivity (Wildman–Crippen MR) is 72.7 cm³/mol. The van der Waals surface area contributed by atoms with E-state index >= 15 is 0 Å². The molecule has 0 bridgehead atoms. The minimum Gasteiger partial charge on any atom is -0.0822 e. The van der Waals surface area contributed by atoms with E-state index in [0.29, 0.717) is 0 Å². The Balaban J connectivity index is 2.44. The third-order valence-electron chi connectivity index (χ3n) is 2.22. The second-order valence-corrected chi connectivity index (χ2v) is 4.69. The van der Waals surface area contributed by atoms with Crippen molar-refractivity contribution in [2.75, 3.05) is 0 Å². The molecule has 0 aliphatic carbocycles. The third-order valence-corrected chi connectivity index (χ3v) is 3.77. The first-order chi connectivity index (χ1) is 7.42. The Morgan fingerprint density at radius 3 is 1.47 bits per heavy atom. The van der Waals surface area contributed by atoms with Gasteiger partial charge in [-0.2, -0.15) is 0 Å². The Morgan fingerprint density at radius 2 is 1.13 bits per heavy atom. The first kappa shape index (κ1) is 10.6. The number of rotatable bonds is 2. The summed E-state index contributed by atoms with van der Waals surface area (Å²) in [5, 5.41) is 1.35. The van der Waals surface area contributed by atoms with Crippen molar-refractivity contribution < 1.29 is 0 Å². The van der Waals surface area contributed by atoms with E-state index in [1.807, 2.05) is 12.1 Å². The summed E-state index contributed by atoms with van der Waals surface area (Å²) in [4.78, 5) is 0. The van der Waals surface area contributed by atoms with E-state index in [0.717, 1.165) is 0 Å². The van der Waals surface area contributed by atoms with Gasteiger partial charge >= 0.3 is 0 Å². The van der Waals surface area contributed by atoms with Crippen LogP contribution in [0.4, 0.5) is 0 Å². The minimum atomic E-state index is 1.22. The van der Waals surface area contributed by atoms with Crippen molar-refractivity contribution >= 4 is 22.1 Å². The molecule has 1 unspecified atom stereocenters. The standard InChI is InChI=1S/C13H12P2/c14-15-13(11-7-3-1-4-8-11)12-9-5-2-6-10-12/h1-10H,14H2. The van der Waals surface area contributed by atoms with Crippen molar-refractivity contribution in [1.82, 2.24) is 0 Å². The van der Waals surface area contributed by atoms with Crippen LogP contribution in [0.5, 0.6) is 0 Å². The maximum absolute atomic E-state index is 2.78. The first-order valence-corrected chi connectivity index (χ1v) is 7.32. The summed E-state index contributed by atoms with van der Waals surface area (Å²) < 4.78 is 0. The van der Waals surface area contributed by atoms with Crippen LogP contribution in [0.1, 0.15) is 11.1 Å². The molecule has 0 heterocycles. The summed E-state index contributed by atoms with van der Waals surface area (Å²) in [5.41, 5.74) is 2.58. The highest BCUT2D eigenvalue weighted by atomic mass is 32.0. The summed E-state index contributed by atoms with van der Waals surface area (Å²) in [7, 11) is 4.00. The molecule has 0 aliphatic rings. The van der Waals surface area contributed by atoms with Gasteiger partial charge in [-0.1, -0.05) is 77.5 Å². The molecule has 0 aliphatic heterocycles. The van der Waals surface area contributed by atoms with Gasteiger partial charge in [0.05, 0.1) is 0 Å². The molecular formula is C13H12P2. The van der Waals surface area contributed by atoms with Crippen LogP contribution in [-0.4, -0.2) is 5.29 Å². The molecule has 0 fully saturated rings. The Hall–Kier alpha value is -0.960. The van der Waals surface area contributed by atoms with Gasteiger partial charge in [-0.3, -0.25) is 0 Å². The highest BCUT2D eigenvalue weighted by molar-refractivity contribution is 8.02.